The van der Waals surface area contributed by atoms with E-state index in [-0.39, 0.29) is 5.82 Å². The van der Waals surface area contributed by atoms with Gasteiger partial charge in [-0.2, -0.15) is 0 Å². The van der Waals surface area contributed by atoms with Crippen molar-refractivity contribution < 1.29 is 4.39 Å². The van der Waals surface area contributed by atoms with Gasteiger partial charge in [0.2, 0.25) is 0 Å². The van der Waals surface area contributed by atoms with Gasteiger partial charge in [-0.25, -0.2) is 4.39 Å². The predicted octanol–water partition coefficient (Wildman–Crippen LogP) is 4.40. The maximum Gasteiger partial charge on any atom is 0.128 e. The minimum atomic E-state index is -0.224. The van der Waals surface area contributed by atoms with Crippen molar-refractivity contribution in [2.45, 2.75) is 20.4 Å². The first-order valence-corrected chi connectivity index (χ1v) is 6.81. The Kier molecular flexibility index (Phi) is 4.10. The smallest absolute Gasteiger partial charge is 0.128 e. The normalized spacial score (nSPS) is 10.5. The number of benzene rings is 2. The second-order valence-electron chi connectivity index (χ2n) is 4.61. The maximum atomic E-state index is 13.6. The molecule has 0 saturated heterocycles. The summed E-state index contributed by atoms with van der Waals surface area (Å²) >= 11 is 3.34. The SMILES string of the molecule is Cc1cc(N)c(NCc2cc(Br)ccc2F)cc1C. The number of hydrogen-bond acceptors (Lipinski definition) is 2. The molecular formula is C15H16BrFN2. The van der Waals surface area contributed by atoms with E-state index >= 15 is 0 Å². The van der Waals surface area contributed by atoms with Crippen LogP contribution in [0.15, 0.2) is 34.8 Å². The Morgan fingerprint density at radius 2 is 1.84 bits per heavy atom. The van der Waals surface area contributed by atoms with Crippen LogP contribution in [-0.4, -0.2) is 0 Å². The van der Waals surface area contributed by atoms with Gasteiger partial charge in [0, 0.05) is 16.6 Å². The van der Waals surface area contributed by atoms with E-state index in [4.69, 9.17) is 5.73 Å². The van der Waals surface area contributed by atoms with Crippen molar-refractivity contribution in [1.82, 2.24) is 0 Å². The van der Waals surface area contributed by atoms with Gasteiger partial charge in [-0.15, -0.1) is 0 Å². The van der Waals surface area contributed by atoms with Crippen molar-refractivity contribution in [3.63, 3.8) is 0 Å². The summed E-state index contributed by atoms with van der Waals surface area (Å²) in [7, 11) is 0. The van der Waals surface area contributed by atoms with E-state index in [1.165, 1.54) is 6.07 Å². The molecule has 2 nitrogen and oxygen atoms in total. The summed E-state index contributed by atoms with van der Waals surface area (Å²) in [5.41, 5.74) is 10.4. The molecule has 19 heavy (non-hydrogen) atoms. The Morgan fingerprint density at radius 3 is 2.58 bits per heavy atom. The Balaban J connectivity index is 2.19. The summed E-state index contributed by atoms with van der Waals surface area (Å²) in [5.74, 6) is -0.224. The van der Waals surface area contributed by atoms with Crippen LogP contribution in [-0.2, 0) is 6.54 Å². The molecule has 0 aromatic heterocycles. The molecule has 0 saturated carbocycles. The molecule has 0 bridgehead atoms. The predicted molar refractivity (Wildman–Crippen MR) is 81.8 cm³/mol. The first-order valence-electron chi connectivity index (χ1n) is 6.02. The maximum absolute atomic E-state index is 13.6. The van der Waals surface area contributed by atoms with Gasteiger partial charge in [0.05, 0.1) is 11.4 Å². The number of rotatable bonds is 3. The van der Waals surface area contributed by atoms with Gasteiger partial charge in [0.15, 0.2) is 0 Å². The first-order chi connectivity index (χ1) is 8.97. The number of hydrogen-bond donors (Lipinski definition) is 2. The van der Waals surface area contributed by atoms with Crippen LogP contribution < -0.4 is 11.1 Å². The average Bonchev–Trinajstić information content (AvgIpc) is 2.36. The summed E-state index contributed by atoms with van der Waals surface area (Å²) < 4.78 is 14.5. The van der Waals surface area contributed by atoms with Gasteiger partial charge in [-0.05, 0) is 55.3 Å². The van der Waals surface area contributed by atoms with Gasteiger partial charge in [0.25, 0.3) is 0 Å². The zero-order chi connectivity index (χ0) is 14.0. The van der Waals surface area contributed by atoms with Gasteiger partial charge in [0.1, 0.15) is 5.82 Å². The van der Waals surface area contributed by atoms with Crippen molar-refractivity contribution >= 4 is 27.3 Å². The summed E-state index contributed by atoms with van der Waals surface area (Å²) in [5, 5.41) is 3.18. The van der Waals surface area contributed by atoms with E-state index in [1.807, 2.05) is 26.0 Å². The molecule has 0 fully saturated rings. The fraction of sp³-hybridized carbons (Fsp3) is 0.200. The Hall–Kier alpha value is -1.55. The molecule has 0 unspecified atom stereocenters. The molecule has 3 N–H and O–H groups in total. The minimum absolute atomic E-state index is 0.224. The van der Waals surface area contributed by atoms with E-state index in [2.05, 4.69) is 21.2 Å². The molecule has 0 aliphatic heterocycles. The monoisotopic (exact) mass is 322 g/mol. The highest BCUT2D eigenvalue weighted by Crippen LogP contribution is 2.24. The van der Waals surface area contributed by atoms with Crippen LogP contribution in [0, 0.1) is 19.7 Å². The number of nitrogens with two attached hydrogens (primary N) is 1. The highest BCUT2D eigenvalue weighted by atomic mass is 79.9. The largest absolute Gasteiger partial charge is 0.397 e. The molecule has 4 heteroatoms. The molecule has 2 rings (SSSR count). The molecule has 0 radical (unpaired) electrons. The molecule has 2 aromatic rings. The van der Waals surface area contributed by atoms with E-state index in [0.29, 0.717) is 17.8 Å². The zero-order valence-corrected chi connectivity index (χ0v) is 12.5. The summed E-state index contributed by atoms with van der Waals surface area (Å²) in [6.07, 6.45) is 0. The van der Waals surface area contributed by atoms with Crippen molar-refractivity contribution in [1.29, 1.82) is 0 Å². The fourth-order valence-corrected chi connectivity index (χ4v) is 2.27. The summed E-state index contributed by atoms with van der Waals surface area (Å²) in [4.78, 5) is 0. The zero-order valence-electron chi connectivity index (χ0n) is 10.9. The van der Waals surface area contributed by atoms with Crippen molar-refractivity contribution in [3.8, 4) is 0 Å². The molecule has 0 aliphatic rings. The molecule has 2 aromatic carbocycles. The first kappa shape index (κ1) is 13.9. The van der Waals surface area contributed by atoms with Crippen LogP contribution in [0.4, 0.5) is 15.8 Å². The average molecular weight is 323 g/mol. The summed E-state index contributed by atoms with van der Waals surface area (Å²) in [6.45, 7) is 4.45. The van der Waals surface area contributed by atoms with Crippen LogP contribution in [0.25, 0.3) is 0 Å². The third-order valence-corrected chi connectivity index (χ3v) is 3.64. The van der Waals surface area contributed by atoms with Gasteiger partial charge >= 0.3 is 0 Å². The molecule has 0 spiro atoms. The number of halogens is 2. The summed E-state index contributed by atoms with van der Waals surface area (Å²) in [6, 6.07) is 8.81. The van der Waals surface area contributed by atoms with Crippen molar-refractivity contribution in [2.24, 2.45) is 0 Å². The lowest BCUT2D eigenvalue weighted by Crippen LogP contribution is -2.05. The number of nitrogen functional groups attached to an aromatic ring is 1. The molecule has 100 valence electrons. The minimum Gasteiger partial charge on any atom is -0.397 e. The second-order valence-corrected chi connectivity index (χ2v) is 5.53. The molecule has 0 amide bonds. The highest BCUT2D eigenvalue weighted by molar-refractivity contribution is 9.10. The number of anilines is 2. The van der Waals surface area contributed by atoms with Gasteiger partial charge < -0.3 is 11.1 Å². The van der Waals surface area contributed by atoms with Crippen molar-refractivity contribution in [2.75, 3.05) is 11.1 Å². The molecule has 0 heterocycles. The lowest BCUT2D eigenvalue weighted by atomic mass is 10.1. The van der Waals surface area contributed by atoms with E-state index < -0.39 is 0 Å². The van der Waals surface area contributed by atoms with Gasteiger partial charge in [-0.3, -0.25) is 0 Å². The second kappa shape index (κ2) is 5.61. The third-order valence-electron chi connectivity index (χ3n) is 3.14. The lowest BCUT2D eigenvalue weighted by Gasteiger charge is -2.12. The van der Waals surface area contributed by atoms with Crippen LogP contribution >= 0.6 is 15.9 Å². The molecule has 0 atom stereocenters. The van der Waals surface area contributed by atoms with Crippen LogP contribution in [0.3, 0.4) is 0 Å². The lowest BCUT2D eigenvalue weighted by molar-refractivity contribution is 0.612. The van der Waals surface area contributed by atoms with Gasteiger partial charge in [-0.1, -0.05) is 15.9 Å². The Morgan fingerprint density at radius 1 is 1.16 bits per heavy atom. The van der Waals surface area contributed by atoms with Crippen LogP contribution in [0.2, 0.25) is 0 Å². The van der Waals surface area contributed by atoms with E-state index in [9.17, 15) is 4.39 Å². The molecular weight excluding hydrogens is 307 g/mol. The Bertz CT molecular complexity index is 611. The highest BCUT2D eigenvalue weighted by Gasteiger charge is 2.05. The fourth-order valence-electron chi connectivity index (χ4n) is 1.86. The van der Waals surface area contributed by atoms with Crippen LogP contribution in [0.1, 0.15) is 16.7 Å². The number of nitrogens with one attached hydrogen (secondary N) is 1. The van der Waals surface area contributed by atoms with E-state index in [1.54, 1.807) is 12.1 Å². The number of aryl methyl sites for hydroxylation is 2. The van der Waals surface area contributed by atoms with E-state index in [0.717, 1.165) is 21.3 Å². The van der Waals surface area contributed by atoms with Crippen molar-refractivity contribution in [3.05, 3.63) is 57.3 Å². The quantitative estimate of drug-likeness (QED) is 0.822. The molecule has 0 aliphatic carbocycles. The third kappa shape index (κ3) is 3.26. The topological polar surface area (TPSA) is 38.0 Å². The van der Waals surface area contributed by atoms with Crippen LogP contribution in [0.5, 0.6) is 0 Å². The Labute approximate surface area is 121 Å². The standard InChI is InChI=1S/C15H16BrFN2/c1-9-5-14(18)15(6-10(9)2)19-8-11-7-12(16)3-4-13(11)17/h3-7,19H,8,18H2,1-2H3.